The Bertz CT molecular complexity index is 4900. The monoisotopic (exact) mass is 1820 g/mol. The molecule has 8 aromatic carbocycles. The van der Waals surface area contributed by atoms with Crippen LogP contribution in [0.15, 0.2) is 199 Å². The number of ether oxygens (including phenoxy) is 3. The fraction of sp³-hybridized carbons (Fsp3) is 0.418. The van der Waals surface area contributed by atoms with Gasteiger partial charge >= 0.3 is 40.9 Å². The first-order chi connectivity index (χ1) is 57.4. The van der Waals surface area contributed by atoms with E-state index in [4.69, 9.17) is 29.3 Å². The molecule has 15 nitrogen and oxygen atoms in total. The van der Waals surface area contributed by atoms with Crippen LogP contribution in [0, 0.1) is 29.5 Å². The Morgan fingerprint density at radius 1 is 0.642 bits per heavy atom. The van der Waals surface area contributed by atoms with Crippen LogP contribution in [0.1, 0.15) is 213 Å². The fourth-order valence-corrected chi connectivity index (χ4v) is 20.4. The van der Waals surface area contributed by atoms with Gasteiger partial charge in [0.25, 0.3) is 0 Å². The number of methoxy groups -OCH3 is 2. The maximum absolute atomic E-state index is 13.9. The molecule has 2 unspecified atom stereocenters. The number of nitrogens with one attached hydrogen (secondary N) is 1. The van der Waals surface area contributed by atoms with Gasteiger partial charge in [0.2, 0.25) is 11.8 Å². The number of hydrogen-bond donors (Lipinski definition) is 2. The Kier molecular flexibility index (Phi) is 34.2. The Balaban J connectivity index is 0.000000161. The first kappa shape index (κ1) is 94.0. The summed E-state index contributed by atoms with van der Waals surface area (Å²) in [6, 6.07) is 59.1. The van der Waals surface area contributed by atoms with E-state index in [1.54, 1.807) is 62.5 Å². The SMILES string of the molecule is CC(C)(C)OC(=O)n1cc(B2OC(C)(C)C(C)(C)O2)cn1.CC(C)c1cc(C(C)C)c(-c2cccc(P(C3CCCCC3)C3CCCCC3)c2)c(C(C)C)c1.COc1c(F)cccc1CC1CCN(c2ccc(-c3cn[nH]c3)cc2)C1=O.COc1c(F)cccc1CC1CCN(c2ccc(Br)cc2)C1=O.Nc1ccccc1-c1[c-]cccc1.[Cl][Pd+]. The number of para-hydroxylation sites is 3. The second-order valence-corrected chi connectivity index (χ2v) is 38.2. The minimum atomic E-state index is -0.562. The van der Waals surface area contributed by atoms with Crippen molar-refractivity contribution in [1.82, 2.24) is 20.0 Å². The molecule has 640 valence electrons. The zero-order valence-corrected chi connectivity index (χ0v) is 77.1. The molecule has 3 aliphatic heterocycles. The van der Waals surface area contributed by atoms with E-state index in [0.29, 0.717) is 49.1 Å². The molecule has 0 bridgehead atoms. The molecule has 3 N–H and O–H groups in total. The summed E-state index contributed by atoms with van der Waals surface area (Å²) in [7, 11) is 6.79. The number of anilines is 3. The summed E-state index contributed by atoms with van der Waals surface area (Å²) in [6.45, 7) is 28.9. The van der Waals surface area contributed by atoms with Crippen LogP contribution in [0.4, 0.5) is 30.6 Å². The van der Waals surface area contributed by atoms with E-state index in [9.17, 15) is 23.2 Å². The number of nitrogens with zero attached hydrogens (tertiary/aromatic N) is 5. The third kappa shape index (κ3) is 24.4. The van der Waals surface area contributed by atoms with Gasteiger partial charge in [-0.3, -0.25) is 14.7 Å². The van der Waals surface area contributed by atoms with Crippen molar-refractivity contribution < 1.29 is 64.9 Å². The number of carbonyl (C=O) groups excluding carboxylic acids is 3. The number of amides is 2. The van der Waals surface area contributed by atoms with Crippen LogP contribution < -0.4 is 35.8 Å². The fourth-order valence-electron chi connectivity index (χ4n) is 16.3. The summed E-state index contributed by atoms with van der Waals surface area (Å²) >= 11 is 5.62. The average molecular weight is 1820 g/mol. The van der Waals surface area contributed by atoms with Gasteiger partial charge in [-0.25, -0.2) is 13.6 Å². The summed E-state index contributed by atoms with van der Waals surface area (Å²) in [5.41, 5.74) is 22.8. The van der Waals surface area contributed by atoms with Crippen molar-refractivity contribution in [1.29, 1.82) is 0 Å². The number of hydrogen-bond acceptors (Lipinski definition) is 11. The van der Waals surface area contributed by atoms with Crippen LogP contribution in [-0.4, -0.2) is 100 Å². The number of benzene rings is 8. The van der Waals surface area contributed by atoms with Crippen LogP contribution >= 0.6 is 33.4 Å². The third-order valence-corrected chi connectivity index (χ3v) is 27.4. The molecule has 22 heteroatoms. The van der Waals surface area contributed by atoms with Gasteiger partial charge in [-0.15, -0.1) is 35.9 Å². The molecule has 120 heavy (non-hydrogen) atoms. The van der Waals surface area contributed by atoms with Crippen molar-refractivity contribution in [2.45, 2.75) is 226 Å². The Hall–Kier alpha value is -8.30. The van der Waals surface area contributed by atoms with Crippen LogP contribution in [0.25, 0.3) is 33.4 Å². The molecule has 15 rings (SSSR count). The Labute approximate surface area is 735 Å². The maximum atomic E-state index is 13.9. The summed E-state index contributed by atoms with van der Waals surface area (Å²) in [4.78, 5) is 41.1. The van der Waals surface area contributed by atoms with Crippen molar-refractivity contribution in [3.05, 3.63) is 245 Å². The van der Waals surface area contributed by atoms with Crippen LogP contribution in [0.2, 0.25) is 0 Å². The first-order valence-electron chi connectivity index (χ1n) is 42.2. The summed E-state index contributed by atoms with van der Waals surface area (Å²) in [6.07, 6.45) is 23.3. The number of nitrogens with two attached hydrogens (primary N) is 1. The Morgan fingerprint density at radius 3 is 1.62 bits per heavy atom. The average Bonchev–Trinajstić information content (AvgIpc) is 1.52. The molecule has 0 radical (unpaired) electrons. The van der Waals surface area contributed by atoms with Crippen LogP contribution in [-0.2, 0) is 54.7 Å². The molecule has 2 atom stereocenters. The predicted octanol–water partition coefficient (Wildman–Crippen LogP) is 23.9. The van der Waals surface area contributed by atoms with Gasteiger partial charge in [-0.1, -0.05) is 194 Å². The van der Waals surface area contributed by atoms with Crippen molar-refractivity contribution in [2.75, 3.05) is 42.8 Å². The molecule has 2 aliphatic carbocycles. The summed E-state index contributed by atoms with van der Waals surface area (Å²) in [5.74, 6) is 1.16. The minimum absolute atomic E-state index is 0.0651. The molecule has 2 amide bonds. The van der Waals surface area contributed by atoms with E-state index in [2.05, 4.69) is 143 Å². The van der Waals surface area contributed by atoms with Gasteiger partial charge in [0.1, 0.15) is 5.60 Å². The van der Waals surface area contributed by atoms with E-state index in [0.717, 1.165) is 83.8 Å². The summed E-state index contributed by atoms with van der Waals surface area (Å²) in [5, 5.41) is 12.5. The number of nitrogen functional groups attached to an aromatic ring is 1. The van der Waals surface area contributed by atoms with Gasteiger partial charge < -0.3 is 39.1 Å². The molecular formula is C98H119BBrClF2N7O8PPd. The van der Waals surface area contributed by atoms with Crippen LogP contribution in [0.5, 0.6) is 11.5 Å². The van der Waals surface area contributed by atoms with Gasteiger partial charge in [0.05, 0.1) is 31.6 Å². The zero-order chi connectivity index (χ0) is 86.6. The number of aromatic amines is 1. The van der Waals surface area contributed by atoms with Crippen molar-refractivity contribution >= 4 is 86.2 Å². The third-order valence-electron chi connectivity index (χ3n) is 23.4. The van der Waals surface area contributed by atoms with Gasteiger partial charge in [-0.05, 0) is 245 Å². The molecular weight excluding hydrogens is 1700 g/mol. The van der Waals surface area contributed by atoms with Gasteiger partial charge in [0.15, 0.2) is 23.1 Å². The standard InChI is InChI=1S/C33H49P.C21H20FN3O2.C18H17BrFNO2.C14H23BN2O4.C12H10N.ClH.Pd/c1-23(2)27-21-31(24(3)4)33(32(22-27)25(5)6)26-14-13-19-30(20-26)34(28-15-9-7-10-16-28)29-17-11-8-12-18-29;1-27-20-15(3-2-4-19(20)22)11-16-9-10-25(21(16)26)18-7-5-14(6-8-18)17-12-23-24-13-17;1-23-17-12(3-2-4-16(17)20)11-13-9-10-21(18(13)22)15-7-5-14(19)6-8-15;1-12(2,3)19-11(18)17-9-10(8-16-17)15-20-13(4,5)14(6,7)21-15;13-12-9-5-4-8-11(12)10-6-2-1-3-7-10;;/h13-14,19-25,28-29H,7-12,15-18H2,1-6H3;2-8,12-13,16H,9-11H2,1H3,(H,23,24);2-8,13H,9-11H2,1H3;8-9H,1-7H3;1-6,8-9H,13H2;1H;/q;;;;-1;;+2/p-1. The predicted molar refractivity (Wildman–Crippen MR) is 487 cm³/mol. The number of H-pyrrole nitrogens is 1. The molecule has 2 saturated carbocycles. The van der Waals surface area contributed by atoms with Crippen molar-refractivity contribution in [3.8, 4) is 44.9 Å². The molecule has 10 aromatic rings. The number of carbonyl (C=O) groups is 3. The van der Waals surface area contributed by atoms with E-state index in [1.807, 2.05) is 164 Å². The molecule has 2 aromatic heterocycles. The Morgan fingerprint density at radius 2 is 1.15 bits per heavy atom. The summed E-state index contributed by atoms with van der Waals surface area (Å²) < 4.78 is 57.2. The molecule has 5 fully saturated rings. The quantitative estimate of drug-likeness (QED) is 0.0362. The first-order valence-corrected chi connectivity index (χ1v) is 46.4. The van der Waals surface area contributed by atoms with Crippen molar-refractivity contribution in [2.24, 2.45) is 11.8 Å². The number of aromatic nitrogens is 4. The molecule has 0 spiro atoms. The topological polar surface area (TPSA) is 176 Å². The molecule has 5 aliphatic rings. The van der Waals surface area contributed by atoms with Gasteiger partial charge in [-0.2, -0.15) is 14.9 Å². The van der Waals surface area contributed by atoms with E-state index < -0.39 is 35.8 Å². The van der Waals surface area contributed by atoms with Crippen LogP contribution in [0.3, 0.4) is 0 Å². The van der Waals surface area contributed by atoms with E-state index in [1.165, 1.54) is 102 Å². The second-order valence-electron chi connectivity index (χ2n) is 34.5. The zero-order valence-electron chi connectivity index (χ0n) is 72.3. The van der Waals surface area contributed by atoms with Crippen molar-refractivity contribution in [3.63, 3.8) is 0 Å². The molecule has 3 saturated heterocycles. The number of halogens is 4. The number of rotatable bonds is 18. The van der Waals surface area contributed by atoms with Gasteiger partial charge in [0, 0.05) is 70.4 Å². The second kappa shape index (κ2) is 43.6. The van der Waals surface area contributed by atoms with E-state index >= 15 is 0 Å². The normalized spacial score (nSPS) is 17.1. The molecule has 5 heterocycles. The van der Waals surface area contributed by atoms with E-state index in [-0.39, 0.29) is 48.9 Å².